The number of carbonyl (C=O) groups is 1. The molecule has 0 saturated heterocycles. The molecule has 0 fully saturated rings. The smallest absolute Gasteiger partial charge is 0.339 e. The quantitative estimate of drug-likeness (QED) is 0.671. The molecule has 0 radical (unpaired) electrons. The maximum atomic E-state index is 11.7. The Morgan fingerprint density at radius 1 is 1.09 bits per heavy atom. The minimum Gasteiger partial charge on any atom is -0.484 e. The molecule has 0 N–H and O–H groups in total. The highest BCUT2D eigenvalue weighted by atomic mass is 16.5. The van der Waals surface area contributed by atoms with Gasteiger partial charge in [0.15, 0.2) is 0 Å². The summed E-state index contributed by atoms with van der Waals surface area (Å²) in [6.45, 7) is 1.52. The highest BCUT2D eigenvalue weighted by molar-refractivity contribution is 5.83. The largest absolute Gasteiger partial charge is 0.484 e. The fraction of sp³-hybridized carbons (Fsp3) is 0.158. The van der Waals surface area contributed by atoms with Crippen molar-refractivity contribution in [2.24, 2.45) is 0 Å². The third kappa shape index (κ3) is 3.48. The summed E-state index contributed by atoms with van der Waals surface area (Å²) in [5.74, 6) is 0.443. The molecule has 0 aliphatic carbocycles. The van der Waals surface area contributed by atoms with Gasteiger partial charge in [0, 0.05) is 6.42 Å². The van der Waals surface area contributed by atoms with Crippen LogP contribution in [0.3, 0.4) is 0 Å². The number of fused-ring (bicyclic) bond motifs is 1. The predicted octanol–water partition coefficient (Wildman–Crippen LogP) is 3.89. The van der Waals surface area contributed by atoms with Crippen molar-refractivity contribution in [1.82, 2.24) is 0 Å². The van der Waals surface area contributed by atoms with Crippen LogP contribution in [-0.2, 0) is 4.79 Å². The summed E-state index contributed by atoms with van der Waals surface area (Å²) in [7, 11) is 0. The highest BCUT2D eigenvalue weighted by Gasteiger charge is 2.18. The van der Waals surface area contributed by atoms with E-state index in [9.17, 15) is 9.59 Å². The molecule has 3 rings (SSSR count). The summed E-state index contributed by atoms with van der Waals surface area (Å²) in [6, 6.07) is 18.0. The minimum absolute atomic E-state index is 0.0196. The molecule has 0 aliphatic heterocycles. The summed E-state index contributed by atoms with van der Waals surface area (Å²) < 4.78 is 11.2. The van der Waals surface area contributed by atoms with Crippen LogP contribution in [0.1, 0.15) is 25.0 Å². The molecule has 0 bridgehead atoms. The molecule has 0 aliphatic rings. The molecule has 2 aromatic carbocycles. The summed E-state index contributed by atoms with van der Waals surface area (Å²) in [4.78, 5) is 23.3. The van der Waals surface area contributed by atoms with Gasteiger partial charge in [0.1, 0.15) is 23.2 Å². The van der Waals surface area contributed by atoms with E-state index in [1.165, 1.54) is 13.0 Å². The molecule has 4 heteroatoms. The number of hydrogen-bond acceptors (Lipinski definition) is 4. The van der Waals surface area contributed by atoms with Gasteiger partial charge in [-0.15, -0.1) is 0 Å². The van der Waals surface area contributed by atoms with Crippen molar-refractivity contribution in [3.05, 3.63) is 76.6 Å². The fourth-order valence-corrected chi connectivity index (χ4v) is 2.49. The molecule has 1 atom stereocenters. The van der Waals surface area contributed by atoms with Gasteiger partial charge in [-0.2, -0.15) is 0 Å². The van der Waals surface area contributed by atoms with Gasteiger partial charge >= 0.3 is 5.63 Å². The Labute approximate surface area is 133 Å². The molecule has 3 aromatic rings. The molecule has 0 spiro atoms. The van der Waals surface area contributed by atoms with Crippen molar-refractivity contribution in [2.45, 2.75) is 19.4 Å². The second-order valence-electron chi connectivity index (χ2n) is 5.35. The summed E-state index contributed by atoms with van der Waals surface area (Å²) >= 11 is 0. The zero-order valence-electron chi connectivity index (χ0n) is 12.7. The van der Waals surface area contributed by atoms with Crippen LogP contribution >= 0.6 is 0 Å². The van der Waals surface area contributed by atoms with Crippen LogP contribution in [0, 0.1) is 0 Å². The normalized spacial score (nSPS) is 12.0. The number of hydrogen-bond donors (Lipinski definition) is 0. The summed E-state index contributed by atoms with van der Waals surface area (Å²) in [5.41, 5.74) is 0.873. The average Bonchev–Trinajstić information content (AvgIpc) is 2.54. The predicted molar refractivity (Wildman–Crippen MR) is 87.6 cm³/mol. The van der Waals surface area contributed by atoms with Gasteiger partial charge in [-0.1, -0.05) is 42.5 Å². The van der Waals surface area contributed by atoms with E-state index in [0.717, 1.165) is 5.56 Å². The van der Waals surface area contributed by atoms with Crippen LogP contribution in [0.4, 0.5) is 0 Å². The molecule has 1 heterocycles. The van der Waals surface area contributed by atoms with Crippen LogP contribution in [0.5, 0.6) is 5.75 Å². The van der Waals surface area contributed by atoms with Gasteiger partial charge in [-0.05, 0) is 24.6 Å². The van der Waals surface area contributed by atoms with Gasteiger partial charge in [0.25, 0.3) is 0 Å². The lowest BCUT2D eigenvalue weighted by Gasteiger charge is -2.19. The van der Waals surface area contributed by atoms with Gasteiger partial charge < -0.3 is 9.15 Å². The van der Waals surface area contributed by atoms with Crippen LogP contribution in [0.2, 0.25) is 0 Å². The van der Waals surface area contributed by atoms with Crippen LogP contribution in [0.15, 0.2) is 69.9 Å². The van der Waals surface area contributed by atoms with E-state index in [2.05, 4.69) is 0 Å². The van der Waals surface area contributed by atoms with Crippen molar-refractivity contribution in [1.29, 1.82) is 0 Å². The number of ketones is 1. The van der Waals surface area contributed by atoms with E-state index in [1.807, 2.05) is 42.5 Å². The third-order valence-corrected chi connectivity index (χ3v) is 3.53. The first-order chi connectivity index (χ1) is 11.1. The second-order valence-corrected chi connectivity index (χ2v) is 5.35. The SMILES string of the molecule is CC(=O)C[C@H](Oc1cc(=O)oc2ccccc12)c1ccccc1. The average molecular weight is 308 g/mol. The Morgan fingerprint density at radius 2 is 1.78 bits per heavy atom. The number of rotatable bonds is 5. The molecule has 1 aromatic heterocycles. The van der Waals surface area contributed by atoms with Crippen molar-refractivity contribution in [2.75, 3.05) is 0 Å². The maximum absolute atomic E-state index is 11.7. The molecule has 0 saturated carbocycles. The third-order valence-electron chi connectivity index (χ3n) is 3.53. The lowest BCUT2D eigenvalue weighted by Crippen LogP contribution is -2.13. The Bertz CT molecular complexity index is 881. The monoisotopic (exact) mass is 308 g/mol. The Balaban J connectivity index is 2.03. The van der Waals surface area contributed by atoms with E-state index < -0.39 is 11.7 Å². The highest BCUT2D eigenvalue weighted by Crippen LogP contribution is 2.30. The first-order valence-electron chi connectivity index (χ1n) is 7.37. The second kappa shape index (κ2) is 6.48. The van der Waals surface area contributed by atoms with Gasteiger partial charge in [-0.25, -0.2) is 4.79 Å². The molecule has 23 heavy (non-hydrogen) atoms. The standard InChI is InChI=1S/C19H16O4/c1-13(20)11-17(14-7-3-2-4-8-14)22-18-12-19(21)23-16-10-6-5-9-15(16)18/h2-10,12,17H,11H2,1H3/t17-/m0/s1. The van der Waals surface area contributed by atoms with Gasteiger partial charge in [-0.3, -0.25) is 4.79 Å². The van der Waals surface area contributed by atoms with Crippen molar-refractivity contribution < 1.29 is 13.9 Å². The van der Waals surface area contributed by atoms with E-state index in [1.54, 1.807) is 12.1 Å². The zero-order valence-corrected chi connectivity index (χ0v) is 12.7. The number of benzene rings is 2. The lowest BCUT2D eigenvalue weighted by atomic mass is 10.0. The molecule has 0 amide bonds. The number of para-hydroxylation sites is 1. The summed E-state index contributed by atoms with van der Waals surface area (Å²) in [5, 5.41) is 0.705. The number of ether oxygens (including phenoxy) is 1. The molecule has 4 nitrogen and oxygen atoms in total. The molecular weight excluding hydrogens is 292 g/mol. The fourth-order valence-electron chi connectivity index (χ4n) is 2.49. The van der Waals surface area contributed by atoms with E-state index >= 15 is 0 Å². The van der Waals surface area contributed by atoms with Crippen molar-refractivity contribution in [3.8, 4) is 5.75 Å². The Hall–Kier alpha value is -2.88. The van der Waals surface area contributed by atoms with Crippen molar-refractivity contribution in [3.63, 3.8) is 0 Å². The van der Waals surface area contributed by atoms with E-state index in [0.29, 0.717) is 16.7 Å². The lowest BCUT2D eigenvalue weighted by molar-refractivity contribution is -0.118. The summed E-state index contributed by atoms with van der Waals surface area (Å²) in [6.07, 6.45) is -0.211. The number of carbonyl (C=O) groups excluding carboxylic acids is 1. The van der Waals surface area contributed by atoms with Crippen LogP contribution < -0.4 is 10.4 Å². The first kappa shape index (κ1) is 15.0. The van der Waals surface area contributed by atoms with Crippen LogP contribution in [0.25, 0.3) is 11.0 Å². The van der Waals surface area contributed by atoms with Gasteiger partial charge in [0.2, 0.25) is 0 Å². The van der Waals surface area contributed by atoms with Gasteiger partial charge in [0.05, 0.1) is 11.5 Å². The molecular formula is C19H16O4. The molecule has 0 unspecified atom stereocenters. The first-order valence-corrected chi connectivity index (χ1v) is 7.37. The zero-order chi connectivity index (χ0) is 16.2. The van der Waals surface area contributed by atoms with Crippen molar-refractivity contribution >= 4 is 16.8 Å². The number of Topliss-reactive ketones (excluding diaryl/α,β-unsaturated/α-hetero) is 1. The maximum Gasteiger partial charge on any atom is 0.339 e. The Morgan fingerprint density at radius 3 is 2.52 bits per heavy atom. The van der Waals surface area contributed by atoms with E-state index in [-0.39, 0.29) is 12.2 Å². The van der Waals surface area contributed by atoms with Crippen LogP contribution in [-0.4, -0.2) is 5.78 Å². The van der Waals surface area contributed by atoms with E-state index in [4.69, 9.17) is 9.15 Å². The Kier molecular flexibility index (Phi) is 4.24. The molecule has 116 valence electrons. The minimum atomic E-state index is -0.478. The topological polar surface area (TPSA) is 56.5 Å².